The normalized spacial score (nSPS) is 41.5. The van der Waals surface area contributed by atoms with Gasteiger partial charge >= 0.3 is 0 Å². The molecule has 35 heavy (non-hydrogen) atoms. The van der Waals surface area contributed by atoms with Gasteiger partial charge in [-0.25, -0.2) is 0 Å². The van der Waals surface area contributed by atoms with E-state index in [-0.39, 0.29) is 6.10 Å². The number of epoxide rings is 1. The van der Waals surface area contributed by atoms with Gasteiger partial charge in [0.25, 0.3) is 0 Å². The van der Waals surface area contributed by atoms with Crippen LogP contribution in [-0.4, -0.2) is 62.1 Å². The highest BCUT2D eigenvalue weighted by Crippen LogP contribution is 2.49. The van der Waals surface area contributed by atoms with Gasteiger partial charge in [-0.05, 0) is 99.2 Å². The molecule has 1 heterocycles. The molecule has 3 saturated carbocycles. The third-order valence-corrected chi connectivity index (χ3v) is 10.0. The summed E-state index contributed by atoms with van der Waals surface area (Å²) < 4.78 is 23.7. The number of aliphatic hydroxyl groups is 1. The van der Waals surface area contributed by atoms with Gasteiger partial charge in [0.1, 0.15) is 12.2 Å². The molecule has 204 valence electrons. The molecule has 4 rings (SSSR count). The number of ether oxygens (including phenoxy) is 4. The zero-order chi connectivity index (χ0) is 25.0. The minimum absolute atomic E-state index is 0.271. The van der Waals surface area contributed by atoms with E-state index in [4.69, 9.17) is 18.9 Å². The molecular weight excluding hydrogens is 440 g/mol. The first-order chi connectivity index (χ1) is 16.7. The van der Waals surface area contributed by atoms with Gasteiger partial charge in [0, 0.05) is 0 Å². The molecule has 4 aliphatic rings. The van der Waals surface area contributed by atoms with E-state index >= 15 is 0 Å². The number of aliphatic hydroxyl groups excluding tert-OH is 1. The van der Waals surface area contributed by atoms with Crippen LogP contribution in [0, 0.1) is 35.0 Å². The fourth-order valence-corrected chi connectivity index (χ4v) is 7.73. The average molecular weight is 495 g/mol. The molecule has 4 atom stereocenters. The van der Waals surface area contributed by atoms with Crippen LogP contribution in [0.15, 0.2) is 0 Å². The maximum atomic E-state index is 10.5. The van der Waals surface area contributed by atoms with E-state index in [0.717, 1.165) is 43.8 Å². The van der Waals surface area contributed by atoms with Crippen molar-refractivity contribution in [1.82, 2.24) is 0 Å². The highest BCUT2D eigenvalue weighted by molar-refractivity contribution is 4.91. The second-order valence-corrected chi connectivity index (χ2v) is 13.4. The van der Waals surface area contributed by atoms with Gasteiger partial charge in [-0.15, -0.1) is 0 Å². The molecular formula is C30H54O5. The molecule has 1 saturated heterocycles. The Balaban J connectivity index is 1.11. The van der Waals surface area contributed by atoms with Crippen LogP contribution in [0.4, 0.5) is 0 Å². The first kappa shape index (κ1) is 27.8. The third-order valence-electron chi connectivity index (χ3n) is 10.0. The van der Waals surface area contributed by atoms with Gasteiger partial charge in [0.05, 0.1) is 44.7 Å². The summed E-state index contributed by atoms with van der Waals surface area (Å²) in [6.45, 7) is 14.4. The molecule has 5 heteroatoms. The van der Waals surface area contributed by atoms with Crippen molar-refractivity contribution in [3.05, 3.63) is 0 Å². The second-order valence-electron chi connectivity index (χ2n) is 13.4. The zero-order valence-electron chi connectivity index (χ0n) is 23.3. The van der Waals surface area contributed by atoms with E-state index in [1.165, 1.54) is 51.4 Å². The van der Waals surface area contributed by atoms with Crippen molar-refractivity contribution in [1.29, 1.82) is 0 Å². The molecule has 0 aromatic carbocycles. The summed E-state index contributed by atoms with van der Waals surface area (Å²) in [4.78, 5) is 0. The molecule has 5 nitrogen and oxygen atoms in total. The summed E-state index contributed by atoms with van der Waals surface area (Å²) in [6, 6.07) is 0. The highest BCUT2D eigenvalue weighted by atomic mass is 16.6. The molecule has 4 unspecified atom stereocenters. The van der Waals surface area contributed by atoms with Crippen LogP contribution in [0.3, 0.4) is 0 Å². The number of rotatable bonds is 11. The smallest absolute Gasteiger partial charge is 0.104 e. The standard InChI is InChI=1S/C30H54O5/c1-20-14-21(2)29(22(3)15-20)35-17-25(31)16-32-26-10-6-23(7-11-26)30(4,5)24-8-12-27(13-9-24)33-18-28-19-34-28/h20-29,31H,6-19H2,1-5H3. The van der Waals surface area contributed by atoms with E-state index < -0.39 is 6.10 Å². The maximum Gasteiger partial charge on any atom is 0.104 e. The van der Waals surface area contributed by atoms with Gasteiger partial charge < -0.3 is 24.1 Å². The Kier molecular flexibility index (Phi) is 9.99. The van der Waals surface area contributed by atoms with Crippen molar-refractivity contribution >= 4 is 0 Å². The average Bonchev–Trinajstić information content (AvgIpc) is 3.66. The summed E-state index contributed by atoms with van der Waals surface area (Å²) in [5, 5.41) is 10.5. The molecule has 0 radical (unpaired) electrons. The molecule has 0 aromatic rings. The fourth-order valence-electron chi connectivity index (χ4n) is 7.73. The Labute approximate surface area is 215 Å². The molecule has 0 bridgehead atoms. The van der Waals surface area contributed by atoms with Crippen molar-refractivity contribution in [2.24, 2.45) is 35.0 Å². The van der Waals surface area contributed by atoms with Gasteiger partial charge in [0.15, 0.2) is 0 Å². The van der Waals surface area contributed by atoms with E-state index in [2.05, 4.69) is 34.6 Å². The summed E-state index contributed by atoms with van der Waals surface area (Å²) in [5.41, 5.74) is 0.383. The van der Waals surface area contributed by atoms with Crippen LogP contribution in [0.1, 0.15) is 98.8 Å². The molecule has 0 spiro atoms. The van der Waals surface area contributed by atoms with Crippen LogP contribution >= 0.6 is 0 Å². The lowest BCUT2D eigenvalue weighted by Crippen LogP contribution is -2.40. The van der Waals surface area contributed by atoms with Gasteiger partial charge in [-0.1, -0.05) is 34.6 Å². The monoisotopic (exact) mass is 494 g/mol. The summed E-state index contributed by atoms with van der Waals surface area (Å²) in [5.74, 6) is 3.49. The summed E-state index contributed by atoms with van der Waals surface area (Å²) >= 11 is 0. The van der Waals surface area contributed by atoms with Crippen LogP contribution < -0.4 is 0 Å². The Bertz CT molecular complexity index is 606. The van der Waals surface area contributed by atoms with Crippen molar-refractivity contribution in [2.75, 3.05) is 26.4 Å². The SMILES string of the molecule is CC1CC(C)C(OCC(O)COC2CCC(C(C)(C)C3CCC(OCC4CO4)CC3)CC2)C(C)C1. The van der Waals surface area contributed by atoms with E-state index in [0.29, 0.717) is 48.8 Å². The van der Waals surface area contributed by atoms with E-state index in [1.54, 1.807) is 0 Å². The fraction of sp³-hybridized carbons (Fsp3) is 1.00. The molecule has 0 amide bonds. The van der Waals surface area contributed by atoms with Crippen molar-refractivity contribution < 1.29 is 24.1 Å². The number of hydrogen-bond donors (Lipinski definition) is 1. The molecule has 1 N–H and O–H groups in total. The first-order valence-corrected chi connectivity index (χ1v) is 14.9. The highest BCUT2D eigenvalue weighted by Gasteiger charge is 2.41. The van der Waals surface area contributed by atoms with Gasteiger partial charge in [-0.2, -0.15) is 0 Å². The predicted molar refractivity (Wildman–Crippen MR) is 139 cm³/mol. The Morgan fingerprint density at radius 2 is 1.26 bits per heavy atom. The largest absolute Gasteiger partial charge is 0.388 e. The lowest BCUT2D eigenvalue weighted by Gasteiger charge is -2.46. The lowest BCUT2D eigenvalue weighted by atomic mass is 9.60. The molecule has 4 fully saturated rings. The van der Waals surface area contributed by atoms with E-state index in [9.17, 15) is 5.11 Å². The predicted octanol–water partition coefficient (Wildman–Crippen LogP) is 6.01. The third kappa shape index (κ3) is 7.89. The second kappa shape index (κ2) is 12.6. The minimum Gasteiger partial charge on any atom is -0.388 e. The van der Waals surface area contributed by atoms with Crippen LogP contribution in [0.25, 0.3) is 0 Å². The first-order valence-electron chi connectivity index (χ1n) is 14.9. The lowest BCUT2D eigenvalue weighted by molar-refractivity contribution is -0.105. The van der Waals surface area contributed by atoms with Crippen molar-refractivity contribution in [2.45, 2.75) is 129 Å². The van der Waals surface area contributed by atoms with Crippen LogP contribution in [0.2, 0.25) is 0 Å². The Hall–Kier alpha value is -0.200. The van der Waals surface area contributed by atoms with Gasteiger partial charge in [0.2, 0.25) is 0 Å². The van der Waals surface area contributed by atoms with Crippen molar-refractivity contribution in [3.8, 4) is 0 Å². The quantitative estimate of drug-likeness (QED) is 0.356. The minimum atomic E-state index is -0.521. The molecule has 3 aliphatic carbocycles. The summed E-state index contributed by atoms with van der Waals surface area (Å²) in [6.07, 6.45) is 13.0. The van der Waals surface area contributed by atoms with Gasteiger partial charge in [-0.3, -0.25) is 0 Å². The van der Waals surface area contributed by atoms with Crippen LogP contribution in [-0.2, 0) is 18.9 Å². The Morgan fingerprint density at radius 3 is 1.77 bits per heavy atom. The molecule has 1 aliphatic heterocycles. The van der Waals surface area contributed by atoms with Crippen molar-refractivity contribution in [3.63, 3.8) is 0 Å². The summed E-state index contributed by atoms with van der Waals surface area (Å²) in [7, 11) is 0. The van der Waals surface area contributed by atoms with E-state index in [1.807, 2.05) is 0 Å². The maximum absolute atomic E-state index is 10.5. The number of hydrogen-bond acceptors (Lipinski definition) is 5. The topological polar surface area (TPSA) is 60.5 Å². The molecule has 0 aromatic heterocycles. The zero-order valence-corrected chi connectivity index (χ0v) is 23.3. The Morgan fingerprint density at radius 1 is 0.771 bits per heavy atom. The van der Waals surface area contributed by atoms with Crippen LogP contribution in [0.5, 0.6) is 0 Å².